The molecule has 57 heavy (non-hydrogen) atoms. The van der Waals surface area contributed by atoms with Crippen molar-refractivity contribution < 1.29 is 34.8 Å². The number of piperidine rings is 1. The van der Waals surface area contributed by atoms with Gasteiger partial charge in [0.25, 0.3) is 0 Å². The van der Waals surface area contributed by atoms with E-state index in [1.165, 1.54) is 7.11 Å². The average molecular weight is 779 g/mol. The largest absolute Gasteiger partial charge is 0.508 e. The Morgan fingerprint density at radius 1 is 0.965 bits per heavy atom. The summed E-state index contributed by atoms with van der Waals surface area (Å²) in [4.78, 5) is 30.0. The first-order valence-electron chi connectivity index (χ1n) is 20.8. The molecule has 2 saturated carbocycles. The molecule has 0 spiro atoms. The molecule has 3 aliphatic carbocycles. The maximum atomic E-state index is 13.8. The summed E-state index contributed by atoms with van der Waals surface area (Å²) in [5.41, 5.74) is 14.3. The van der Waals surface area contributed by atoms with E-state index in [1.54, 1.807) is 24.3 Å². The number of nitrogens with zero attached hydrogens (tertiary/aromatic N) is 1. The van der Waals surface area contributed by atoms with Crippen LogP contribution in [0.3, 0.4) is 0 Å². The molecule has 0 amide bonds. The number of guanidine groups is 1. The minimum Gasteiger partial charge on any atom is -0.508 e. The molecule has 0 unspecified atom stereocenters. The molecule has 9 atom stereocenters. The average Bonchev–Trinajstić information content (AvgIpc) is 3.25. The van der Waals surface area contributed by atoms with Gasteiger partial charge in [-0.1, -0.05) is 30.4 Å². The number of methoxy groups -OCH3 is 1. The number of nitrogens with two attached hydrogens (primary N) is 2. The number of hydrogen-bond acceptors (Lipinski definition) is 9. The van der Waals surface area contributed by atoms with Gasteiger partial charge in [0.1, 0.15) is 17.5 Å². The maximum absolute atomic E-state index is 13.8. The van der Waals surface area contributed by atoms with Crippen molar-refractivity contribution in [2.24, 2.45) is 46.0 Å². The van der Waals surface area contributed by atoms with Gasteiger partial charge in [0.05, 0.1) is 19.3 Å². The highest BCUT2D eigenvalue weighted by Gasteiger charge is 2.44. The molecule has 7 rings (SSSR count). The number of ether oxygens (including phenoxy) is 1. The number of rotatable bonds is 12. The number of ketones is 2. The van der Waals surface area contributed by atoms with Crippen LogP contribution in [0.25, 0.3) is 10.8 Å². The Hall–Kier alpha value is -4.63. The van der Waals surface area contributed by atoms with Crippen LogP contribution >= 0.6 is 0 Å². The lowest BCUT2D eigenvalue weighted by molar-refractivity contribution is -0.124. The zero-order valence-electron chi connectivity index (χ0n) is 33.0. The Morgan fingerprint density at radius 2 is 1.81 bits per heavy atom. The van der Waals surface area contributed by atoms with Crippen molar-refractivity contribution in [1.82, 2.24) is 5.32 Å². The minimum atomic E-state index is -0.897. The van der Waals surface area contributed by atoms with Crippen LogP contribution < -0.4 is 21.5 Å². The molecular weight excluding hydrogens is 721 g/mol. The van der Waals surface area contributed by atoms with Gasteiger partial charge >= 0.3 is 0 Å². The van der Waals surface area contributed by atoms with Gasteiger partial charge in [0, 0.05) is 37.8 Å². The van der Waals surface area contributed by atoms with Gasteiger partial charge < -0.3 is 41.9 Å². The van der Waals surface area contributed by atoms with Crippen LogP contribution in [0.15, 0.2) is 47.5 Å². The Bertz CT molecular complexity index is 2050. The summed E-state index contributed by atoms with van der Waals surface area (Å²) in [6.07, 6.45) is 7.19. The number of fused-ring (bicyclic) bond motifs is 5. The number of phenols is 2. The number of aliphatic imine (C=N–C) groups is 1. The van der Waals surface area contributed by atoms with Gasteiger partial charge in [-0.15, -0.1) is 0 Å². The van der Waals surface area contributed by atoms with Crippen molar-refractivity contribution >= 4 is 28.3 Å². The zero-order chi connectivity index (χ0) is 40.2. The summed E-state index contributed by atoms with van der Waals surface area (Å²) in [6.45, 7) is 1.30. The third-order valence-electron chi connectivity index (χ3n) is 13.4. The predicted molar refractivity (Wildman–Crippen MR) is 220 cm³/mol. The fourth-order valence-electron chi connectivity index (χ4n) is 10.4. The van der Waals surface area contributed by atoms with Crippen molar-refractivity contribution in [1.29, 1.82) is 0 Å². The molecule has 4 aliphatic rings. The molecule has 0 radical (unpaired) electrons. The fraction of sp³-hybridized carbons (Fsp3) is 0.543. The lowest BCUT2D eigenvalue weighted by Gasteiger charge is -2.49. The number of aryl methyl sites for hydroxylation is 1. The standard InChI is InChI=1S/C46H58N4O7/c1-57-45-21-29-7-15-43(55)37(42(54)13-3-26-2-10-35-32(18-26)25-50-40-23-34(52)9-12-36(35)40)11-5-27(39(29)24-44(45)56)6-14-41(53)31-19-28-4-8-33(51)22-38(28)30(20-31)16-17-49-46(47)48/h4,8,19-22,24,26-27,32,35-37,40-42,50-51,53-54,56H,2-3,6-7,9-10,12-18,23,25H2,1H3,(H4,47,48,49)/t26-,27-,32-,35+,36-,37+,40+,41-,42+/m0/s1. The van der Waals surface area contributed by atoms with Crippen LogP contribution in [-0.4, -0.2) is 70.3 Å². The molecule has 3 fully saturated rings. The topological polar surface area (TPSA) is 201 Å². The predicted octanol–water partition coefficient (Wildman–Crippen LogP) is 5.32. The highest BCUT2D eigenvalue weighted by molar-refractivity contribution is 5.88. The Balaban J connectivity index is 1.07. The zero-order valence-corrected chi connectivity index (χ0v) is 33.0. The molecule has 0 bridgehead atoms. The molecule has 0 aromatic heterocycles. The Labute approximate surface area is 335 Å². The highest BCUT2D eigenvalue weighted by Crippen LogP contribution is 2.46. The van der Waals surface area contributed by atoms with E-state index in [4.69, 9.17) is 16.2 Å². The second-order valence-electron chi connectivity index (χ2n) is 17.0. The number of carbonyl (C=O) groups is 2. The second kappa shape index (κ2) is 17.9. The van der Waals surface area contributed by atoms with E-state index in [2.05, 4.69) is 22.2 Å². The first kappa shape index (κ1) is 40.6. The first-order chi connectivity index (χ1) is 27.5. The van der Waals surface area contributed by atoms with E-state index in [0.29, 0.717) is 98.3 Å². The van der Waals surface area contributed by atoms with Crippen molar-refractivity contribution in [3.05, 3.63) is 64.7 Å². The molecule has 11 heteroatoms. The lowest BCUT2D eigenvalue weighted by Crippen LogP contribution is -2.54. The van der Waals surface area contributed by atoms with E-state index < -0.39 is 24.0 Å². The number of benzene rings is 3. The number of Topliss-reactive ketones (excluding diaryl/α,β-unsaturated/α-hetero) is 2. The molecule has 1 saturated heterocycles. The van der Waals surface area contributed by atoms with Gasteiger partial charge in [-0.2, -0.15) is 0 Å². The number of phenolic OH excluding ortho intramolecular Hbond substituents is 2. The van der Waals surface area contributed by atoms with Gasteiger partial charge in [0.2, 0.25) is 0 Å². The second-order valence-corrected chi connectivity index (χ2v) is 17.0. The number of aliphatic hydroxyl groups is 2. The van der Waals surface area contributed by atoms with Gasteiger partial charge in [-0.25, -0.2) is 0 Å². The van der Waals surface area contributed by atoms with Crippen LogP contribution in [0.4, 0.5) is 0 Å². The van der Waals surface area contributed by atoms with Crippen LogP contribution in [0, 0.1) is 41.4 Å². The molecule has 304 valence electrons. The normalized spacial score (nSPS) is 27.0. The van der Waals surface area contributed by atoms with E-state index >= 15 is 0 Å². The van der Waals surface area contributed by atoms with Gasteiger partial charge in [-0.05, 0) is 151 Å². The summed E-state index contributed by atoms with van der Waals surface area (Å²) in [5.74, 6) is 8.32. The molecule has 3 aromatic rings. The number of aromatic hydroxyl groups is 2. The van der Waals surface area contributed by atoms with Crippen LogP contribution in [0.1, 0.15) is 105 Å². The summed E-state index contributed by atoms with van der Waals surface area (Å²) in [5, 5.41) is 49.7. The Kier molecular flexibility index (Phi) is 12.7. The van der Waals surface area contributed by atoms with Crippen molar-refractivity contribution in [2.45, 2.75) is 108 Å². The minimum absolute atomic E-state index is 0.00709. The number of hydrogen-bond donors (Lipinski definition) is 7. The molecule has 3 aromatic carbocycles. The number of carbonyl (C=O) groups excluding carboxylic acids is 2. The van der Waals surface area contributed by atoms with E-state index in [0.717, 1.165) is 66.1 Å². The third-order valence-corrected chi connectivity index (χ3v) is 13.4. The fourth-order valence-corrected chi connectivity index (χ4v) is 10.4. The molecule has 1 heterocycles. The molecule has 1 aliphatic heterocycles. The number of aliphatic hydroxyl groups excluding tert-OH is 2. The van der Waals surface area contributed by atoms with Gasteiger partial charge in [-0.3, -0.25) is 14.6 Å². The summed E-state index contributed by atoms with van der Waals surface area (Å²) in [6, 6.07) is 12.7. The summed E-state index contributed by atoms with van der Waals surface area (Å²) in [7, 11) is 1.49. The lowest BCUT2D eigenvalue weighted by atomic mass is 9.61. The maximum Gasteiger partial charge on any atom is 0.185 e. The third kappa shape index (κ3) is 9.41. The van der Waals surface area contributed by atoms with Crippen LogP contribution in [0.5, 0.6) is 17.2 Å². The van der Waals surface area contributed by atoms with Crippen molar-refractivity contribution in [2.75, 3.05) is 20.2 Å². The molecular formula is C46H58N4O7. The molecule has 11 nitrogen and oxygen atoms in total. The van der Waals surface area contributed by atoms with Crippen molar-refractivity contribution in [3.8, 4) is 29.1 Å². The summed E-state index contributed by atoms with van der Waals surface area (Å²) >= 11 is 0. The smallest absolute Gasteiger partial charge is 0.185 e. The van der Waals surface area contributed by atoms with Crippen LogP contribution in [0.2, 0.25) is 0 Å². The van der Waals surface area contributed by atoms with Crippen LogP contribution in [-0.2, 0) is 22.4 Å². The number of nitrogens with one attached hydrogen (secondary N) is 1. The monoisotopic (exact) mass is 778 g/mol. The quantitative estimate of drug-likeness (QED) is 0.0717. The first-order valence-corrected chi connectivity index (χ1v) is 20.8. The van der Waals surface area contributed by atoms with E-state index in [9.17, 15) is 30.0 Å². The van der Waals surface area contributed by atoms with E-state index in [1.807, 2.05) is 18.2 Å². The van der Waals surface area contributed by atoms with E-state index in [-0.39, 0.29) is 29.7 Å². The highest BCUT2D eigenvalue weighted by atomic mass is 16.5. The SMILES string of the molecule is COc1cc2c(cc1O)[C@H](CC[C@H](O)c1cc(CCN=C(N)N)c3cc(O)ccc3c1)C#C[C@H]([C@H](O)CC[C@@H]1CC[C@@H]3[C@H](CN[C@@H]4CC(=O)CC[C@@H]34)C1)C(=O)CC2. The van der Waals surface area contributed by atoms with Crippen molar-refractivity contribution in [3.63, 3.8) is 0 Å². The van der Waals surface area contributed by atoms with Gasteiger partial charge in [0.15, 0.2) is 23.2 Å². The summed E-state index contributed by atoms with van der Waals surface area (Å²) < 4.78 is 5.43. The Morgan fingerprint density at radius 3 is 2.61 bits per heavy atom. The molecule has 9 N–H and O–H groups in total.